The maximum absolute atomic E-state index is 10.8. The summed E-state index contributed by atoms with van der Waals surface area (Å²) in [6, 6.07) is 4.72. The molecular formula is C11H10N2O3S. The highest BCUT2D eigenvalue weighted by molar-refractivity contribution is 7.07. The third-order valence-corrected chi connectivity index (χ3v) is 2.83. The molecule has 0 fully saturated rings. The minimum absolute atomic E-state index is 0.187. The van der Waals surface area contributed by atoms with Crippen molar-refractivity contribution in [3.63, 3.8) is 0 Å². The second-order valence-electron chi connectivity index (χ2n) is 3.49. The van der Waals surface area contributed by atoms with Crippen molar-refractivity contribution >= 4 is 17.5 Å². The predicted octanol–water partition coefficient (Wildman–Crippen LogP) is 2.65. The smallest absolute Gasteiger partial charge is 0.335 e. The lowest BCUT2D eigenvalue weighted by Gasteiger charge is -2.05. The molecule has 2 aromatic rings. The van der Waals surface area contributed by atoms with Crippen LogP contribution in [-0.4, -0.2) is 20.4 Å². The van der Waals surface area contributed by atoms with E-state index < -0.39 is 5.97 Å². The van der Waals surface area contributed by atoms with Crippen LogP contribution >= 0.6 is 11.5 Å². The summed E-state index contributed by atoms with van der Waals surface area (Å²) < 4.78 is 9.49. The van der Waals surface area contributed by atoms with Crippen molar-refractivity contribution in [2.24, 2.45) is 0 Å². The summed E-state index contributed by atoms with van der Waals surface area (Å²) in [5, 5.41) is 9.30. The van der Waals surface area contributed by atoms with Gasteiger partial charge in [-0.05, 0) is 31.5 Å². The molecule has 0 amide bonds. The number of nitrogens with zero attached hydrogens (tertiary/aromatic N) is 2. The minimum Gasteiger partial charge on any atom is -0.478 e. The molecular weight excluding hydrogens is 240 g/mol. The van der Waals surface area contributed by atoms with Crippen molar-refractivity contribution in [2.45, 2.75) is 13.8 Å². The fraction of sp³-hybridized carbons (Fsp3) is 0.182. The average Bonchev–Trinajstić information content (AvgIpc) is 2.67. The largest absolute Gasteiger partial charge is 0.478 e. The molecule has 0 aliphatic heterocycles. The quantitative estimate of drug-likeness (QED) is 0.906. The molecule has 0 saturated carbocycles. The van der Waals surface area contributed by atoms with Crippen LogP contribution in [0.15, 0.2) is 18.2 Å². The van der Waals surface area contributed by atoms with Gasteiger partial charge in [0.05, 0.1) is 5.56 Å². The predicted molar refractivity (Wildman–Crippen MR) is 62.9 cm³/mol. The van der Waals surface area contributed by atoms with Gasteiger partial charge in [0.25, 0.3) is 5.19 Å². The molecule has 0 spiro atoms. The van der Waals surface area contributed by atoms with Gasteiger partial charge >= 0.3 is 5.97 Å². The molecule has 17 heavy (non-hydrogen) atoms. The van der Waals surface area contributed by atoms with E-state index in [9.17, 15) is 4.79 Å². The number of aromatic carboxylic acids is 1. The number of carboxylic acid groups (broad SMARTS) is 1. The van der Waals surface area contributed by atoms with Crippen LogP contribution in [0.4, 0.5) is 0 Å². The van der Waals surface area contributed by atoms with Gasteiger partial charge < -0.3 is 9.84 Å². The SMILES string of the molecule is Cc1nsc(Oc2cc(C(=O)O)ccc2C)n1. The van der Waals surface area contributed by atoms with Crippen LogP contribution in [0.5, 0.6) is 10.9 Å². The molecule has 88 valence electrons. The molecule has 6 heteroatoms. The summed E-state index contributed by atoms with van der Waals surface area (Å²) in [7, 11) is 0. The molecule has 2 rings (SSSR count). The number of aromatic nitrogens is 2. The summed E-state index contributed by atoms with van der Waals surface area (Å²) in [4.78, 5) is 14.9. The third kappa shape index (κ3) is 2.59. The topological polar surface area (TPSA) is 72.3 Å². The molecule has 0 bridgehead atoms. The summed E-state index contributed by atoms with van der Waals surface area (Å²) in [5.41, 5.74) is 1.04. The van der Waals surface area contributed by atoms with Crippen molar-refractivity contribution in [3.05, 3.63) is 35.2 Å². The van der Waals surface area contributed by atoms with Gasteiger partial charge in [-0.1, -0.05) is 6.07 Å². The van der Waals surface area contributed by atoms with Gasteiger partial charge in [-0.25, -0.2) is 4.79 Å². The van der Waals surface area contributed by atoms with Crippen LogP contribution in [-0.2, 0) is 0 Å². The Labute approximate surface area is 102 Å². The Balaban J connectivity index is 2.31. The van der Waals surface area contributed by atoms with E-state index in [1.807, 2.05) is 6.92 Å². The number of carbonyl (C=O) groups is 1. The van der Waals surface area contributed by atoms with Gasteiger partial charge in [-0.3, -0.25) is 0 Å². The van der Waals surface area contributed by atoms with E-state index in [1.165, 1.54) is 12.1 Å². The highest BCUT2D eigenvalue weighted by atomic mass is 32.1. The van der Waals surface area contributed by atoms with E-state index in [0.29, 0.717) is 16.8 Å². The standard InChI is InChI=1S/C11H10N2O3S/c1-6-3-4-8(10(14)15)5-9(6)16-11-12-7(2)13-17-11/h3-5H,1-2H3,(H,14,15). The maximum atomic E-state index is 10.8. The number of benzene rings is 1. The summed E-state index contributed by atoms with van der Waals surface area (Å²) in [6.45, 7) is 3.61. The fourth-order valence-corrected chi connectivity index (χ4v) is 1.81. The molecule has 0 radical (unpaired) electrons. The Morgan fingerprint density at radius 3 is 2.76 bits per heavy atom. The number of rotatable bonds is 3. The lowest BCUT2D eigenvalue weighted by molar-refractivity contribution is 0.0696. The fourth-order valence-electron chi connectivity index (χ4n) is 1.26. The second-order valence-corrected chi connectivity index (χ2v) is 4.21. The molecule has 1 N–H and O–H groups in total. The molecule has 5 nitrogen and oxygen atoms in total. The first kappa shape index (κ1) is 11.5. The van der Waals surface area contributed by atoms with Crippen molar-refractivity contribution in [1.82, 2.24) is 9.36 Å². The normalized spacial score (nSPS) is 10.2. The van der Waals surface area contributed by atoms with Crippen LogP contribution in [0.25, 0.3) is 0 Å². The number of aryl methyl sites for hydroxylation is 2. The Morgan fingerprint density at radius 1 is 1.41 bits per heavy atom. The summed E-state index contributed by atoms with van der Waals surface area (Å²) in [5.74, 6) is 0.140. The highest BCUT2D eigenvalue weighted by Crippen LogP contribution is 2.27. The molecule has 1 aromatic heterocycles. The number of hydrogen-bond acceptors (Lipinski definition) is 5. The van der Waals surface area contributed by atoms with E-state index in [4.69, 9.17) is 9.84 Å². The zero-order valence-corrected chi connectivity index (χ0v) is 10.1. The van der Waals surface area contributed by atoms with Crippen molar-refractivity contribution < 1.29 is 14.6 Å². The van der Waals surface area contributed by atoms with Gasteiger partial charge in [-0.15, -0.1) is 0 Å². The van der Waals surface area contributed by atoms with Crippen LogP contribution in [0.2, 0.25) is 0 Å². The van der Waals surface area contributed by atoms with E-state index in [-0.39, 0.29) is 5.56 Å². The first-order valence-corrected chi connectivity index (χ1v) is 5.65. The summed E-state index contributed by atoms with van der Waals surface area (Å²) >= 11 is 1.14. The number of carboxylic acids is 1. The van der Waals surface area contributed by atoms with Gasteiger partial charge in [0.1, 0.15) is 11.6 Å². The van der Waals surface area contributed by atoms with E-state index in [1.54, 1.807) is 13.0 Å². The average molecular weight is 250 g/mol. The third-order valence-electron chi connectivity index (χ3n) is 2.14. The molecule has 1 heterocycles. The zero-order chi connectivity index (χ0) is 12.4. The molecule has 0 unspecified atom stereocenters. The zero-order valence-electron chi connectivity index (χ0n) is 9.30. The van der Waals surface area contributed by atoms with Gasteiger partial charge in [0, 0.05) is 11.5 Å². The van der Waals surface area contributed by atoms with E-state index in [0.717, 1.165) is 17.1 Å². The monoisotopic (exact) mass is 250 g/mol. The first-order valence-electron chi connectivity index (χ1n) is 4.88. The highest BCUT2D eigenvalue weighted by Gasteiger charge is 2.09. The Bertz CT molecular complexity index is 566. The number of ether oxygens (including phenoxy) is 1. The van der Waals surface area contributed by atoms with Crippen LogP contribution in [0.3, 0.4) is 0 Å². The number of hydrogen-bond donors (Lipinski definition) is 1. The second kappa shape index (κ2) is 4.50. The van der Waals surface area contributed by atoms with Crippen LogP contribution in [0, 0.1) is 13.8 Å². The van der Waals surface area contributed by atoms with Crippen LogP contribution < -0.4 is 4.74 Å². The molecule has 0 aliphatic carbocycles. The van der Waals surface area contributed by atoms with Crippen molar-refractivity contribution in [2.75, 3.05) is 0 Å². The molecule has 0 saturated heterocycles. The lowest BCUT2D eigenvalue weighted by atomic mass is 10.1. The van der Waals surface area contributed by atoms with Gasteiger partial charge in [0.15, 0.2) is 0 Å². The lowest BCUT2D eigenvalue weighted by Crippen LogP contribution is -1.97. The Kier molecular flexibility index (Phi) is 3.06. The maximum Gasteiger partial charge on any atom is 0.335 e. The molecule has 0 atom stereocenters. The van der Waals surface area contributed by atoms with Gasteiger partial charge in [-0.2, -0.15) is 9.36 Å². The van der Waals surface area contributed by atoms with E-state index in [2.05, 4.69) is 9.36 Å². The molecule has 1 aromatic carbocycles. The minimum atomic E-state index is -0.983. The van der Waals surface area contributed by atoms with E-state index >= 15 is 0 Å². The summed E-state index contributed by atoms with van der Waals surface area (Å²) in [6.07, 6.45) is 0. The Hall–Kier alpha value is -1.95. The van der Waals surface area contributed by atoms with Gasteiger partial charge in [0.2, 0.25) is 0 Å². The van der Waals surface area contributed by atoms with Crippen molar-refractivity contribution in [3.8, 4) is 10.9 Å². The first-order chi connectivity index (χ1) is 8.06. The Morgan fingerprint density at radius 2 is 2.18 bits per heavy atom. The molecule has 0 aliphatic rings. The van der Waals surface area contributed by atoms with Crippen molar-refractivity contribution in [1.29, 1.82) is 0 Å². The van der Waals surface area contributed by atoms with Crippen LogP contribution in [0.1, 0.15) is 21.7 Å².